The van der Waals surface area contributed by atoms with E-state index in [2.05, 4.69) is 11.9 Å². The molecule has 0 bridgehead atoms. The molecule has 0 fully saturated rings. The fourth-order valence-electron chi connectivity index (χ4n) is 0.226. The second kappa shape index (κ2) is 3.28. The average molecular weight is 98.1 g/mol. The van der Waals surface area contributed by atoms with Gasteiger partial charge in [0.25, 0.3) is 0 Å². The highest BCUT2D eigenvalue weighted by atomic mass is 14.8. The fraction of sp³-hybridized carbons (Fsp3) is 0.200. The number of allylic oxidation sites excluding steroid dienone is 1. The summed E-state index contributed by atoms with van der Waals surface area (Å²) in [6.45, 7) is 3.45. The van der Waals surface area contributed by atoms with E-state index in [0.717, 1.165) is 0 Å². The van der Waals surface area contributed by atoms with E-state index in [1.165, 1.54) is 0 Å². The molecular weight excluding hydrogens is 88.1 g/mol. The first-order chi connectivity index (χ1) is 3.31. The van der Waals surface area contributed by atoms with E-state index in [1.807, 2.05) is 0 Å². The molecule has 40 valence electrons. The quantitative estimate of drug-likeness (QED) is 0.484. The number of hydrogen-bond acceptors (Lipinski definition) is 2. The lowest BCUT2D eigenvalue weighted by Crippen LogP contribution is -2.00. The molecule has 7 heavy (non-hydrogen) atoms. The number of hydrogen-bond donors (Lipinski definition) is 2. The van der Waals surface area contributed by atoms with Gasteiger partial charge in [0, 0.05) is 18.9 Å². The third-order valence-electron chi connectivity index (χ3n) is 0.547. The highest BCUT2D eigenvalue weighted by Gasteiger charge is 1.70. The van der Waals surface area contributed by atoms with Gasteiger partial charge in [0.15, 0.2) is 0 Å². The molecule has 2 heteroatoms. The highest BCUT2D eigenvalue weighted by Crippen LogP contribution is 1.76. The van der Waals surface area contributed by atoms with Crippen LogP contribution in [0.25, 0.3) is 0 Å². The van der Waals surface area contributed by atoms with Gasteiger partial charge in [-0.1, -0.05) is 6.58 Å². The second-order valence-corrected chi connectivity index (χ2v) is 1.14. The van der Waals surface area contributed by atoms with Crippen LogP contribution in [0.4, 0.5) is 0 Å². The molecule has 0 rings (SSSR count). The summed E-state index contributed by atoms with van der Waals surface area (Å²) in [4.78, 5) is 0. The van der Waals surface area contributed by atoms with Crippen molar-refractivity contribution in [3.63, 3.8) is 0 Å². The van der Waals surface area contributed by atoms with E-state index in [-0.39, 0.29) is 0 Å². The van der Waals surface area contributed by atoms with Crippen molar-refractivity contribution in [2.45, 2.75) is 0 Å². The molecule has 0 atom stereocenters. The van der Waals surface area contributed by atoms with Crippen molar-refractivity contribution in [1.29, 1.82) is 0 Å². The van der Waals surface area contributed by atoms with Gasteiger partial charge < -0.3 is 11.1 Å². The summed E-state index contributed by atoms with van der Waals surface area (Å²) in [6, 6.07) is 0. The van der Waals surface area contributed by atoms with Gasteiger partial charge in [-0.25, -0.2) is 0 Å². The summed E-state index contributed by atoms with van der Waals surface area (Å²) >= 11 is 0. The van der Waals surface area contributed by atoms with Crippen LogP contribution >= 0.6 is 0 Å². The van der Waals surface area contributed by atoms with Gasteiger partial charge in [0.2, 0.25) is 0 Å². The maximum absolute atomic E-state index is 5.26. The summed E-state index contributed by atoms with van der Waals surface area (Å²) in [5, 5.41) is 2.76. The summed E-state index contributed by atoms with van der Waals surface area (Å²) in [5.41, 5.74) is 5.92. The standard InChI is InChI=1S/C5H10N2/c1-3-5(6)4-7-2/h3-4,7H,1,6H2,2H3/b5-4+. The van der Waals surface area contributed by atoms with Crippen LogP contribution in [-0.2, 0) is 0 Å². The molecule has 3 N–H and O–H groups in total. The van der Waals surface area contributed by atoms with Crippen LogP contribution in [-0.4, -0.2) is 7.05 Å². The smallest absolute Gasteiger partial charge is 0.0467 e. The van der Waals surface area contributed by atoms with Crippen molar-refractivity contribution < 1.29 is 0 Å². The van der Waals surface area contributed by atoms with Crippen LogP contribution in [0.15, 0.2) is 24.6 Å². The molecule has 2 nitrogen and oxygen atoms in total. The molecule has 0 spiro atoms. The van der Waals surface area contributed by atoms with Gasteiger partial charge in [-0.15, -0.1) is 0 Å². The SMILES string of the molecule is C=C/C(N)=C\NC. The van der Waals surface area contributed by atoms with Crippen molar-refractivity contribution in [1.82, 2.24) is 5.32 Å². The van der Waals surface area contributed by atoms with E-state index in [9.17, 15) is 0 Å². The molecule has 0 radical (unpaired) electrons. The molecule has 0 heterocycles. The molecule has 0 aliphatic heterocycles. The Bertz CT molecular complexity index is 84.1. The van der Waals surface area contributed by atoms with Crippen LogP contribution in [0.2, 0.25) is 0 Å². The summed E-state index contributed by atoms with van der Waals surface area (Å²) in [5.74, 6) is 0. The van der Waals surface area contributed by atoms with Gasteiger partial charge >= 0.3 is 0 Å². The number of nitrogens with one attached hydrogen (secondary N) is 1. The van der Waals surface area contributed by atoms with Crippen molar-refractivity contribution in [2.75, 3.05) is 7.05 Å². The lowest BCUT2D eigenvalue weighted by atomic mass is 10.5. The monoisotopic (exact) mass is 98.1 g/mol. The molecule has 0 amide bonds. The van der Waals surface area contributed by atoms with Crippen LogP contribution < -0.4 is 11.1 Å². The van der Waals surface area contributed by atoms with Crippen molar-refractivity contribution in [3.05, 3.63) is 24.6 Å². The molecule has 0 aromatic heterocycles. The predicted octanol–water partition coefficient (Wildman–Crippen LogP) is 0.192. The molecule has 0 saturated carbocycles. The molecule has 0 aromatic rings. The lowest BCUT2D eigenvalue weighted by Gasteiger charge is -1.87. The van der Waals surface area contributed by atoms with E-state index in [4.69, 9.17) is 5.73 Å². The van der Waals surface area contributed by atoms with Gasteiger partial charge in [0.1, 0.15) is 0 Å². The largest absolute Gasteiger partial charge is 0.398 e. The molecular formula is C5H10N2. The number of rotatable bonds is 2. The first kappa shape index (κ1) is 6.08. The van der Waals surface area contributed by atoms with E-state index in [0.29, 0.717) is 5.70 Å². The Kier molecular flexibility index (Phi) is 2.85. The molecule has 0 saturated heterocycles. The molecule has 0 unspecified atom stereocenters. The van der Waals surface area contributed by atoms with Gasteiger partial charge in [-0.05, 0) is 6.08 Å². The normalized spacial score (nSPS) is 10.7. The van der Waals surface area contributed by atoms with E-state index in [1.54, 1.807) is 19.3 Å². The summed E-state index contributed by atoms with van der Waals surface area (Å²) < 4.78 is 0. The second-order valence-electron chi connectivity index (χ2n) is 1.14. The zero-order chi connectivity index (χ0) is 5.70. The summed E-state index contributed by atoms with van der Waals surface area (Å²) in [6.07, 6.45) is 3.25. The van der Waals surface area contributed by atoms with Crippen molar-refractivity contribution in [3.8, 4) is 0 Å². The van der Waals surface area contributed by atoms with E-state index >= 15 is 0 Å². The Morgan fingerprint density at radius 2 is 2.43 bits per heavy atom. The van der Waals surface area contributed by atoms with Crippen molar-refractivity contribution in [2.24, 2.45) is 5.73 Å². The molecule has 0 aliphatic rings. The van der Waals surface area contributed by atoms with Crippen LogP contribution in [0.3, 0.4) is 0 Å². The van der Waals surface area contributed by atoms with Crippen LogP contribution in [0.1, 0.15) is 0 Å². The van der Waals surface area contributed by atoms with E-state index < -0.39 is 0 Å². The minimum absolute atomic E-state index is 0.655. The van der Waals surface area contributed by atoms with Crippen LogP contribution in [0.5, 0.6) is 0 Å². The Morgan fingerprint density at radius 3 is 2.57 bits per heavy atom. The third kappa shape index (κ3) is 2.89. The maximum Gasteiger partial charge on any atom is 0.0467 e. The fourth-order valence-corrected chi connectivity index (χ4v) is 0.226. The minimum Gasteiger partial charge on any atom is -0.398 e. The highest BCUT2D eigenvalue weighted by molar-refractivity contribution is 5.09. The Hall–Kier alpha value is -0.920. The molecule has 0 aliphatic carbocycles. The first-order valence-corrected chi connectivity index (χ1v) is 2.06. The summed E-state index contributed by atoms with van der Waals surface area (Å²) in [7, 11) is 1.79. The lowest BCUT2D eigenvalue weighted by molar-refractivity contribution is 1.08. The van der Waals surface area contributed by atoms with Crippen molar-refractivity contribution >= 4 is 0 Å². The van der Waals surface area contributed by atoms with Gasteiger partial charge in [0.05, 0.1) is 0 Å². The van der Waals surface area contributed by atoms with Crippen LogP contribution in [0, 0.1) is 0 Å². The third-order valence-corrected chi connectivity index (χ3v) is 0.547. The zero-order valence-electron chi connectivity index (χ0n) is 4.44. The van der Waals surface area contributed by atoms with Gasteiger partial charge in [-0.3, -0.25) is 0 Å². The first-order valence-electron chi connectivity index (χ1n) is 2.06. The topological polar surface area (TPSA) is 38.0 Å². The average Bonchev–Trinajstić information content (AvgIpc) is 1.68. The zero-order valence-corrected chi connectivity index (χ0v) is 4.44. The van der Waals surface area contributed by atoms with Gasteiger partial charge in [-0.2, -0.15) is 0 Å². The number of nitrogens with two attached hydrogens (primary N) is 1. The Labute approximate surface area is 43.7 Å². The Balaban J connectivity index is 3.49. The predicted molar refractivity (Wildman–Crippen MR) is 31.5 cm³/mol. The Morgan fingerprint density at radius 1 is 1.86 bits per heavy atom. The minimum atomic E-state index is 0.655. The molecule has 0 aromatic carbocycles. The maximum atomic E-state index is 5.26.